The predicted molar refractivity (Wildman–Crippen MR) is 172 cm³/mol. The van der Waals surface area contributed by atoms with Gasteiger partial charge in [-0.05, 0) is 26.1 Å². The van der Waals surface area contributed by atoms with E-state index in [0.29, 0.717) is 145 Å². The van der Waals surface area contributed by atoms with Crippen molar-refractivity contribution in [2.24, 2.45) is 0 Å². The second-order valence-electron chi connectivity index (χ2n) is 10.8. The van der Waals surface area contributed by atoms with Crippen molar-refractivity contribution < 1.29 is 56.5 Å². The Morgan fingerprint density at radius 2 is 0.500 bits per heavy atom. The molecular formula is C31H66O12Si. The highest BCUT2D eigenvalue weighted by atomic mass is 28.4. The number of unbranched alkanes of at least 4 members (excludes halogenated alkanes) is 3. The van der Waals surface area contributed by atoms with E-state index in [1.54, 1.807) is 0 Å². The van der Waals surface area contributed by atoms with Gasteiger partial charge in [-0.15, -0.1) is 0 Å². The Morgan fingerprint density at radius 3 is 0.727 bits per heavy atom. The molecule has 0 amide bonds. The SMILES string of the molecule is CCCCCCOCCOCCOCCOCCOCCOCCOCCOCCOCCOCCOCCO[Si](C)(C)C. The first kappa shape index (κ1) is 43.7. The second kappa shape index (κ2) is 37.2. The van der Waals surface area contributed by atoms with Gasteiger partial charge < -0.3 is 56.5 Å². The predicted octanol–water partition coefficient (Wildman–Crippen LogP) is 3.60. The molecule has 0 atom stereocenters. The highest BCUT2D eigenvalue weighted by molar-refractivity contribution is 6.69. The van der Waals surface area contributed by atoms with E-state index in [9.17, 15) is 0 Å². The highest BCUT2D eigenvalue weighted by Crippen LogP contribution is 2.01. The van der Waals surface area contributed by atoms with Gasteiger partial charge in [0.25, 0.3) is 0 Å². The first-order chi connectivity index (χ1) is 21.6. The third-order valence-electron chi connectivity index (χ3n) is 5.63. The molecule has 0 heterocycles. The van der Waals surface area contributed by atoms with Crippen molar-refractivity contribution in [3.05, 3.63) is 0 Å². The molecule has 0 unspecified atom stereocenters. The lowest BCUT2D eigenvalue weighted by atomic mass is 10.2. The van der Waals surface area contributed by atoms with Gasteiger partial charge in [0.05, 0.1) is 145 Å². The minimum Gasteiger partial charge on any atom is -0.415 e. The van der Waals surface area contributed by atoms with E-state index >= 15 is 0 Å². The van der Waals surface area contributed by atoms with Crippen molar-refractivity contribution in [1.29, 1.82) is 0 Å². The minimum absolute atomic E-state index is 0.521. The average molecular weight is 659 g/mol. The largest absolute Gasteiger partial charge is 0.415 e. The summed E-state index contributed by atoms with van der Waals surface area (Å²) in [6, 6.07) is 0. The fraction of sp³-hybridized carbons (Fsp3) is 1.00. The van der Waals surface area contributed by atoms with Crippen LogP contribution in [0.2, 0.25) is 19.6 Å². The molecule has 0 aromatic heterocycles. The lowest BCUT2D eigenvalue weighted by Gasteiger charge is -2.16. The van der Waals surface area contributed by atoms with E-state index in [0.717, 1.165) is 13.0 Å². The summed E-state index contributed by atoms with van der Waals surface area (Å²) >= 11 is 0. The molecule has 0 aliphatic heterocycles. The van der Waals surface area contributed by atoms with E-state index < -0.39 is 8.32 Å². The van der Waals surface area contributed by atoms with Crippen LogP contribution in [0, 0.1) is 0 Å². The molecule has 13 heteroatoms. The maximum atomic E-state index is 5.72. The van der Waals surface area contributed by atoms with Crippen LogP contribution >= 0.6 is 0 Å². The Labute approximate surface area is 269 Å². The van der Waals surface area contributed by atoms with Crippen LogP contribution in [0.3, 0.4) is 0 Å². The fourth-order valence-corrected chi connectivity index (χ4v) is 4.03. The summed E-state index contributed by atoms with van der Waals surface area (Å²) < 4.78 is 66.0. The smallest absolute Gasteiger partial charge is 0.183 e. The van der Waals surface area contributed by atoms with Gasteiger partial charge in [-0.2, -0.15) is 0 Å². The zero-order chi connectivity index (χ0) is 32.1. The molecule has 0 aliphatic rings. The van der Waals surface area contributed by atoms with Crippen LogP contribution in [-0.4, -0.2) is 160 Å². The topological polar surface area (TPSA) is 111 Å². The van der Waals surface area contributed by atoms with Crippen LogP contribution in [0.15, 0.2) is 0 Å². The van der Waals surface area contributed by atoms with Crippen molar-refractivity contribution in [2.75, 3.05) is 152 Å². The van der Waals surface area contributed by atoms with Gasteiger partial charge in [-0.1, -0.05) is 26.2 Å². The molecule has 0 aromatic carbocycles. The second-order valence-corrected chi connectivity index (χ2v) is 15.3. The van der Waals surface area contributed by atoms with Gasteiger partial charge in [0.15, 0.2) is 8.32 Å². The average Bonchev–Trinajstić information content (AvgIpc) is 3.00. The van der Waals surface area contributed by atoms with Gasteiger partial charge in [-0.25, -0.2) is 0 Å². The molecular weight excluding hydrogens is 592 g/mol. The fourth-order valence-electron chi connectivity index (χ4n) is 3.34. The third kappa shape index (κ3) is 41.7. The van der Waals surface area contributed by atoms with E-state index in [1.807, 2.05) is 0 Å². The van der Waals surface area contributed by atoms with Gasteiger partial charge >= 0.3 is 0 Å². The van der Waals surface area contributed by atoms with Crippen LogP contribution in [0.1, 0.15) is 32.6 Å². The van der Waals surface area contributed by atoms with Gasteiger partial charge in [0.2, 0.25) is 0 Å². The Bertz CT molecular complexity index is 528. The molecule has 12 nitrogen and oxygen atoms in total. The highest BCUT2D eigenvalue weighted by Gasteiger charge is 2.13. The quantitative estimate of drug-likeness (QED) is 0.0711. The summed E-state index contributed by atoms with van der Waals surface area (Å²) in [6.45, 7) is 21.7. The first-order valence-corrected chi connectivity index (χ1v) is 20.0. The van der Waals surface area contributed by atoms with Crippen molar-refractivity contribution in [2.45, 2.75) is 52.2 Å². The Balaban J connectivity index is 3.05. The van der Waals surface area contributed by atoms with E-state index in [4.69, 9.17) is 56.5 Å². The van der Waals surface area contributed by atoms with Crippen LogP contribution < -0.4 is 0 Å². The Kier molecular flexibility index (Phi) is 37.0. The molecule has 44 heavy (non-hydrogen) atoms. The van der Waals surface area contributed by atoms with Gasteiger partial charge in [0, 0.05) is 6.61 Å². The molecule has 0 aliphatic carbocycles. The molecule has 0 rings (SSSR count). The van der Waals surface area contributed by atoms with Gasteiger partial charge in [0.1, 0.15) is 0 Å². The summed E-state index contributed by atoms with van der Waals surface area (Å²) in [6.07, 6.45) is 4.90. The van der Waals surface area contributed by atoms with Crippen molar-refractivity contribution >= 4 is 8.32 Å². The van der Waals surface area contributed by atoms with Crippen molar-refractivity contribution in [3.8, 4) is 0 Å². The summed E-state index contributed by atoms with van der Waals surface area (Å²) in [7, 11) is -1.45. The molecule has 0 saturated carbocycles. The molecule has 266 valence electrons. The first-order valence-electron chi connectivity index (χ1n) is 16.6. The van der Waals surface area contributed by atoms with E-state index in [-0.39, 0.29) is 0 Å². The maximum absolute atomic E-state index is 5.72. The summed E-state index contributed by atoms with van der Waals surface area (Å²) in [5, 5.41) is 0. The van der Waals surface area contributed by atoms with Crippen LogP contribution in [-0.2, 0) is 56.5 Å². The maximum Gasteiger partial charge on any atom is 0.183 e. The zero-order valence-corrected chi connectivity index (χ0v) is 29.5. The Morgan fingerprint density at radius 1 is 0.273 bits per heavy atom. The monoisotopic (exact) mass is 658 g/mol. The van der Waals surface area contributed by atoms with Crippen LogP contribution in [0.5, 0.6) is 0 Å². The summed E-state index contributed by atoms with van der Waals surface area (Å²) in [4.78, 5) is 0. The molecule has 0 fully saturated rings. The molecule has 0 spiro atoms. The van der Waals surface area contributed by atoms with E-state index in [1.165, 1.54) is 19.3 Å². The molecule has 0 N–H and O–H groups in total. The lowest BCUT2D eigenvalue weighted by molar-refractivity contribution is -0.0277. The number of hydrogen-bond acceptors (Lipinski definition) is 12. The zero-order valence-electron chi connectivity index (χ0n) is 28.5. The number of ether oxygens (including phenoxy) is 11. The molecule has 0 bridgehead atoms. The lowest BCUT2D eigenvalue weighted by Crippen LogP contribution is -2.27. The van der Waals surface area contributed by atoms with E-state index in [2.05, 4.69) is 26.6 Å². The summed E-state index contributed by atoms with van der Waals surface area (Å²) in [5.74, 6) is 0. The minimum atomic E-state index is -1.45. The molecule has 0 aromatic rings. The number of hydrogen-bond donors (Lipinski definition) is 0. The standard InChI is InChI=1S/C31H66O12Si/c1-5-6-7-8-9-32-10-11-33-12-13-34-14-15-35-16-17-36-18-19-37-20-21-38-22-23-39-24-25-40-26-27-41-28-29-42-30-31-43-44(2,3)4/h5-31H2,1-4H3. The normalized spacial score (nSPS) is 12.0. The van der Waals surface area contributed by atoms with Crippen LogP contribution in [0.4, 0.5) is 0 Å². The van der Waals surface area contributed by atoms with Gasteiger partial charge in [-0.3, -0.25) is 0 Å². The molecule has 0 radical (unpaired) electrons. The third-order valence-corrected chi connectivity index (χ3v) is 6.70. The Hall–Kier alpha value is -0.263. The van der Waals surface area contributed by atoms with Crippen LogP contribution in [0.25, 0.3) is 0 Å². The summed E-state index contributed by atoms with van der Waals surface area (Å²) in [5.41, 5.74) is 0. The number of rotatable bonds is 39. The van der Waals surface area contributed by atoms with Crippen molar-refractivity contribution in [1.82, 2.24) is 0 Å². The van der Waals surface area contributed by atoms with Crippen molar-refractivity contribution in [3.63, 3.8) is 0 Å². The molecule has 0 saturated heterocycles.